The summed E-state index contributed by atoms with van der Waals surface area (Å²) in [5.74, 6) is 1.86. The number of nitrogens with zero attached hydrogens (tertiary/aromatic N) is 2. The van der Waals surface area contributed by atoms with Gasteiger partial charge in [-0.25, -0.2) is 0 Å². The third-order valence-electron chi connectivity index (χ3n) is 2.90. The molecule has 92 valence electrons. The second-order valence-electron chi connectivity index (χ2n) is 4.29. The largest absolute Gasteiger partial charge is 0.339 e. The number of rotatable bonds is 7. The number of hydrogen-bond acceptors (Lipinski definition) is 4. The summed E-state index contributed by atoms with van der Waals surface area (Å²) in [6.45, 7) is 9.48. The number of likely N-dealkylation sites (N-methyl/N-ethyl adjacent to an activating group) is 1. The Morgan fingerprint density at radius 1 is 1.31 bits per heavy atom. The zero-order valence-electron chi connectivity index (χ0n) is 10.8. The molecule has 2 atom stereocenters. The van der Waals surface area contributed by atoms with Crippen LogP contribution in [0.1, 0.15) is 58.2 Å². The van der Waals surface area contributed by atoms with Crippen molar-refractivity contribution in [2.75, 3.05) is 6.54 Å². The van der Waals surface area contributed by atoms with Crippen molar-refractivity contribution in [3.05, 3.63) is 11.7 Å². The van der Waals surface area contributed by atoms with E-state index >= 15 is 0 Å². The molecule has 2 unspecified atom stereocenters. The zero-order chi connectivity index (χ0) is 12.0. The minimum absolute atomic E-state index is 0.267. The van der Waals surface area contributed by atoms with Crippen molar-refractivity contribution in [1.29, 1.82) is 0 Å². The molecule has 0 bridgehead atoms. The van der Waals surface area contributed by atoms with Crippen LogP contribution in [0.4, 0.5) is 0 Å². The number of hydrogen-bond donors (Lipinski definition) is 1. The molecule has 0 aliphatic carbocycles. The van der Waals surface area contributed by atoms with Crippen molar-refractivity contribution in [3.8, 4) is 0 Å². The van der Waals surface area contributed by atoms with Crippen LogP contribution < -0.4 is 5.32 Å². The van der Waals surface area contributed by atoms with Gasteiger partial charge in [-0.15, -0.1) is 0 Å². The first-order chi connectivity index (χ1) is 7.69. The third-order valence-corrected chi connectivity index (χ3v) is 2.90. The first-order valence-corrected chi connectivity index (χ1v) is 6.24. The van der Waals surface area contributed by atoms with Crippen LogP contribution in [-0.2, 0) is 6.42 Å². The fourth-order valence-electron chi connectivity index (χ4n) is 1.60. The van der Waals surface area contributed by atoms with Gasteiger partial charge in [-0.05, 0) is 19.9 Å². The van der Waals surface area contributed by atoms with Gasteiger partial charge in [0.05, 0.1) is 5.92 Å². The molecule has 0 fully saturated rings. The smallest absolute Gasteiger partial charge is 0.231 e. The zero-order valence-corrected chi connectivity index (χ0v) is 10.8. The lowest BCUT2D eigenvalue weighted by Gasteiger charge is -2.16. The molecule has 0 aliphatic heterocycles. The summed E-state index contributed by atoms with van der Waals surface area (Å²) in [4.78, 5) is 4.43. The number of nitrogens with one attached hydrogen (secondary N) is 1. The first kappa shape index (κ1) is 13.2. The van der Waals surface area contributed by atoms with Crippen molar-refractivity contribution in [3.63, 3.8) is 0 Å². The molecule has 0 radical (unpaired) electrons. The summed E-state index contributed by atoms with van der Waals surface area (Å²) in [5.41, 5.74) is 0. The lowest BCUT2D eigenvalue weighted by molar-refractivity contribution is 0.329. The highest BCUT2D eigenvalue weighted by atomic mass is 16.5. The monoisotopic (exact) mass is 225 g/mol. The average Bonchev–Trinajstić information content (AvgIpc) is 2.74. The summed E-state index contributed by atoms with van der Waals surface area (Å²) < 4.78 is 5.29. The predicted molar refractivity (Wildman–Crippen MR) is 64.5 cm³/mol. The van der Waals surface area contributed by atoms with E-state index in [4.69, 9.17) is 4.52 Å². The minimum atomic E-state index is 0.267. The molecular weight excluding hydrogens is 202 g/mol. The third kappa shape index (κ3) is 3.59. The van der Waals surface area contributed by atoms with Gasteiger partial charge in [0.2, 0.25) is 5.89 Å². The van der Waals surface area contributed by atoms with Crippen LogP contribution in [0.25, 0.3) is 0 Å². The van der Waals surface area contributed by atoms with E-state index in [0.29, 0.717) is 6.04 Å². The van der Waals surface area contributed by atoms with Crippen LogP contribution in [0, 0.1) is 0 Å². The molecule has 0 saturated carbocycles. The molecule has 0 aromatic carbocycles. The van der Waals surface area contributed by atoms with Crippen molar-refractivity contribution in [2.24, 2.45) is 0 Å². The highest BCUT2D eigenvalue weighted by Crippen LogP contribution is 2.17. The SMILES string of the molecule is CCCCc1noc(C(C)C(C)NCC)n1. The summed E-state index contributed by atoms with van der Waals surface area (Å²) >= 11 is 0. The fraction of sp³-hybridized carbons (Fsp3) is 0.833. The molecular formula is C12H23N3O. The second-order valence-corrected chi connectivity index (χ2v) is 4.29. The van der Waals surface area contributed by atoms with Crippen LogP contribution in [0.2, 0.25) is 0 Å². The van der Waals surface area contributed by atoms with Crippen LogP contribution in [0.15, 0.2) is 4.52 Å². The summed E-state index contributed by atoms with van der Waals surface area (Å²) in [7, 11) is 0. The van der Waals surface area contributed by atoms with Crippen molar-refractivity contribution in [1.82, 2.24) is 15.5 Å². The molecule has 0 spiro atoms. The number of aromatic nitrogens is 2. The van der Waals surface area contributed by atoms with Crippen LogP contribution >= 0.6 is 0 Å². The van der Waals surface area contributed by atoms with Gasteiger partial charge in [-0.1, -0.05) is 32.3 Å². The minimum Gasteiger partial charge on any atom is -0.339 e. The molecule has 1 N–H and O–H groups in total. The van der Waals surface area contributed by atoms with Gasteiger partial charge in [0.1, 0.15) is 0 Å². The predicted octanol–water partition coefficient (Wildman–Crippen LogP) is 2.51. The maximum absolute atomic E-state index is 5.29. The number of unbranched alkanes of at least 4 members (excludes halogenated alkanes) is 1. The Labute approximate surface area is 97.8 Å². The lowest BCUT2D eigenvalue weighted by Crippen LogP contribution is -2.30. The van der Waals surface area contributed by atoms with E-state index in [1.165, 1.54) is 0 Å². The van der Waals surface area contributed by atoms with Crippen LogP contribution in [0.5, 0.6) is 0 Å². The Kier molecular flexibility index (Phi) is 5.46. The Bertz CT molecular complexity index is 298. The van der Waals surface area contributed by atoms with Crippen LogP contribution in [0.3, 0.4) is 0 Å². The summed E-state index contributed by atoms with van der Waals surface area (Å²) in [5, 5.41) is 7.37. The first-order valence-electron chi connectivity index (χ1n) is 6.24. The van der Waals surface area contributed by atoms with Crippen molar-refractivity contribution >= 4 is 0 Å². The standard InChI is InChI=1S/C12H23N3O/c1-5-7-8-11-14-12(16-15-11)9(3)10(4)13-6-2/h9-10,13H,5-8H2,1-4H3. The van der Waals surface area contributed by atoms with Gasteiger partial charge >= 0.3 is 0 Å². The topological polar surface area (TPSA) is 51.0 Å². The van der Waals surface area contributed by atoms with Gasteiger partial charge in [0.25, 0.3) is 0 Å². The fourth-order valence-corrected chi connectivity index (χ4v) is 1.60. The summed E-state index contributed by atoms with van der Waals surface area (Å²) in [6, 6.07) is 0.365. The number of aryl methyl sites for hydroxylation is 1. The Morgan fingerprint density at radius 3 is 2.69 bits per heavy atom. The highest BCUT2D eigenvalue weighted by molar-refractivity contribution is 4.96. The van der Waals surface area contributed by atoms with Gasteiger partial charge in [0, 0.05) is 12.5 Å². The summed E-state index contributed by atoms with van der Waals surface area (Å²) in [6.07, 6.45) is 3.20. The van der Waals surface area contributed by atoms with Gasteiger partial charge in [-0.3, -0.25) is 0 Å². The van der Waals surface area contributed by atoms with Crippen LogP contribution in [-0.4, -0.2) is 22.7 Å². The van der Waals surface area contributed by atoms with E-state index < -0.39 is 0 Å². The maximum atomic E-state index is 5.29. The molecule has 0 aliphatic rings. The highest BCUT2D eigenvalue weighted by Gasteiger charge is 2.19. The molecule has 4 heteroatoms. The molecule has 0 amide bonds. The van der Waals surface area contributed by atoms with E-state index in [9.17, 15) is 0 Å². The van der Waals surface area contributed by atoms with Gasteiger partial charge < -0.3 is 9.84 Å². The molecule has 16 heavy (non-hydrogen) atoms. The Hall–Kier alpha value is -0.900. The van der Waals surface area contributed by atoms with E-state index in [1.807, 2.05) is 0 Å². The Balaban J connectivity index is 2.55. The average molecular weight is 225 g/mol. The van der Waals surface area contributed by atoms with E-state index in [1.54, 1.807) is 0 Å². The molecule has 1 aromatic rings. The second kappa shape index (κ2) is 6.63. The lowest BCUT2D eigenvalue weighted by atomic mass is 10.0. The maximum Gasteiger partial charge on any atom is 0.231 e. The van der Waals surface area contributed by atoms with E-state index in [-0.39, 0.29) is 5.92 Å². The molecule has 1 aromatic heterocycles. The molecule has 1 heterocycles. The normalized spacial score (nSPS) is 15.0. The van der Waals surface area contributed by atoms with Crippen molar-refractivity contribution < 1.29 is 4.52 Å². The van der Waals surface area contributed by atoms with Crippen molar-refractivity contribution in [2.45, 2.75) is 58.9 Å². The quantitative estimate of drug-likeness (QED) is 0.774. The van der Waals surface area contributed by atoms with E-state index in [0.717, 1.165) is 37.5 Å². The van der Waals surface area contributed by atoms with E-state index in [2.05, 4.69) is 43.2 Å². The molecule has 1 rings (SSSR count). The molecule has 0 saturated heterocycles. The van der Waals surface area contributed by atoms with Gasteiger partial charge in [0.15, 0.2) is 5.82 Å². The Morgan fingerprint density at radius 2 is 2.06 bits per heavy atom. The molecule has 4 nitrogen and oxygen atoms in total. The van der Waals surface area contributed by atoms with Gasteiger partial charge in [-0.2, -0.15) is 4.98 Å².